The molecule has 1 aliphatic rings. The Bertz CT molecular complexity index is 519. The summed E-state index contributed by atoms with van der Waals surface area (Å²) in [5, 5.41) is 18.0. The lowest BCUT2D eigenvalue weighted by Crippen LogP contribution is -2.23. The molecule has 1 N–H and O–H groups in total. The second-order valence-corrected chi connectivity index (χ2v) is 4.94. The Morgan fingerprint density at radius 1 is 1.50 bits per heavy atom. The predicted molar refractivity (Wildman–Crippen MR) is 68.4 cm³/mol. The average Bonchev–Trinajstić information content (AvgIpc) is 2.71. The van der Waals surface area contributed by atoms with Crippen LogP contribution in [-0.4, -0.2) is 24.2 Å². The summed E-state index contributed by atoms with van der Waals surface area (Å²) in [7, 11) is 0. The SMILES string of the molecule is Cc1cc(N2C[C@@H](C)[C@H](C(=O)O)C2)ccc1C#N. The van der Waals surface area contributed by atoms with E-state index in [0.29, 0.717) is 12.1 Å². The van der Waals surface area contributed by atoms with Crippen molar-refractivity contribution < 1.29 is 9.90 Å². The van der Waals surface area contributed by atoms with Gasteiger partial charge in [-0.1, -0.05) is 6.92 Å². The minimum absolute atomic E-state index is 0.151. The number of carboxylic acid groups (broad SMARTS) is 1. The Labute approximate surface area is 106 Å². The molecule has 0 aliphatic carbocycles. The third-order valence-electron chi connectivity index (χ3n) is 3.63. The van der Waals surface area contributed by atoms with Crippen LogP contribution in [0, 0.1) is 30.1 Å². The molecule has 1 saturated heterocycles. The zero-order valence-electron chi connectivity index (χ0n) is 10.6. The summed E-state index contributed by atoms with van der Waals surface area (Å²) in [5.41, 5.74) is 2.60. The maximum absolute atomic E-state index is 11.1. The van der Waals surface area contributed by atoms with E-state index in [9.17, 15) is 4.79 Å². The molecule has 1 heterocycles. The van der Waals surface area contributed by atoms with Crippen molar-refractivity contribution in [2.45, 2.75) is 13.8 Å². The molecule has 18 heavy (non-hydrogen) atoms. The van der Waals surface area contributed by atoms with Gasteiger partial charge in [-0.05, 0) is 36.6 Å². The van der Waals surface area contributed by atoms with Gasteiger partial charge in [-0.3, -0.25) is 4.79 Å². The molecule has 0 unspecified atom stereocenters. The van der Waals surface area contributed by atoms with Gasteiger partial charge in [0.2, 0.25) is 0 Å². The van der Waals surface area contributed by atoms with E-state index < -0.39 is 5.97 Å². The number of hydrogen-bond acceptors (Lipinski definition) is 3. The Kier molecular flexibility index (Phi) is 3.24. The van der Waals surface area contributed by atoms with Crippen molar-refractivity contribution in [2.24, 2.45) is 11.8 Å². The average molecular weight is 244 g/mol. The molecule has 0 bridgehead atoms. The van der Waals surface area contributed by atoms with E-state index in [1.165, 1.54) is 0 Å². The van der Waals surface area contributed by atoms with Crippen molar-refractivity contribution >= 4 is 11.7 Å². The van der Waals surface area contributed by atoms with E-state index in [-0.39, 0.29) is 11.8 Å². The molecule has 0 aromatic heterocycles. The number of aliphatic carboxylic acids is 1. The Morgan fingerprint density at radius 3 is 2.72 bits per heavy atom. The van der Waals surface area contributed by atoms with Crippen LogP contribution in [0.3, 0.4) is 0 Å². The number of rotatable bonds is 2. The maximum atomic E-state index is 11.1. The number of nitriles is 1. The van der Waals surface area contributed by atoms with Gasteiger partial charge in [-0.2, -0.15) is 5.26 Å². The number of benzene rings is 1. The zero-order valence-corrected chi connectivity index (χ0v) is 10.6. The van der Waals surface area contributed by atoms with Crippen LogP contribution in [0.15, 0.2) is 18.2 Å². The fraction of sp³-hybridized carbons (Fsp3) is 0.429. The summed E-state index contributed by atoms with van der Waals surface area (Å²) in [6.07, 6.45) is 0. The maximum Gasteiger partial charge on any atom is 0.308 e. The summed E-state index contributed by atoms with van der Waals surface area (Å²) < 4.78 is 0. The Morgan fingerprint density at radius 2 is 2.22 bits per heavy atom. The van der Waals surface area contributed by atoms with E-state index in [1.807, 2.05) is 26.0 Å². The van der Waals surface area contributed by atoms with Gasteiger partial charge in [-0.25, -0.2) is 0 Å². The highest BCUT2D eigenvalue weighted by Gasteiger charge is 2.34. The fourth-order valence-corrected chi connectivity index (χ4v) is 2.47. The second-order valence-electron chi connectivity index (χ2n) is 4.94. The largest absolute Gasteiger partial charge is 0.481 e. The molecule has 1 fully saturated rings. The molecule has 0 saturated carbocycles. The molecule has 1 aromatic carbocycles. The molecule has 2 atom stereocenters. The Hall–Kier alpha value is -2.02. The number of carbonyl (C=O) groups is 1. The predicted octanol–water partition coefficient (Wildman–Crippen LogP) is 2.02. The van der Waals surface area contributed by atoms with Gasteiger partial charge in [0.1, 0.15) is 0 Å². The highest BCUT2D eigenvalue weighted by atomic mass is 16.4. The molecule has 1 aromatic rings. The standard InChI is InChI=1S/C14H16N2O2/c1-9-5-12(4-3-11(9)6-15)16-7-10(2)13(8-16)14(17)18/h3-5,10,13H,7-8H2,1-2H3,(H,17,18)/t10-,13-/m1/s1. The van der Waals surface area contributed by atoms with Crippen molar-refractivity contribution in [3.63, 3.8) is 0 Å². The van der Waals surface area contributed by atoms with Crippen molar-refractivity contribution in [2.75, 3.05) is 18.0 Å². The van der Waals surface area contributed by atoms with Crippen LogP contribution in [-0.2, 0) is 4.79 Å². The monoisotopic (exact) mass is 244 g/mol. The normalized spacial score (nSPS) is 22.8. The van der Waals surface area contributed by atoms with Crippen LogP contribution < -0.4 is 4.90 Å². The van der Waals surface area contributed by atoms with Gasteiger partial charge in [0.15, 0.2) is 0 Å². The lowest BCUT2D eigenvalue weighted by atomic mass is 9.99. The van der Waals surface area contributed by atoms with Crippen molar-refractivity contribution in [3.8, 4) is 6.07 Å². The van der Waals surface area contributed by atoms with Gasteiger partial charge in [-0.15, -0.1) is 0 Å². The third kappa shape index (κ3) is 2.17. The van der Waals surface area contributed by atoms with Crippen LogP contribution in [0.25, 0.3) is 0 Å². The summed E-state index contributed by atoms with van der Waals surface area (Å²) in [6, 6.07) is 7.78. The van der Waals surface area contributed by atoms with E-state index in [4.69, 9.17) is 10.4 Å². The molecule has 0 radical (unpaired) electrons. The van der Waals surface area contributed by atoms with Crippen molar-refractivity contribution in [1.82, 2.24) is 0 Å². The van der Waals surface area contributed by atoms with Crippen LogP contribution in [0.1, 0.15) is 18.1 Å². The van der Waals surface area contributed by atoms with Gasteiger partial charge in [0.25, 0.3) is 0 Å². The van der Waals surface area contributed by atoms with Gasteiger partial charge in [0, 0.05) is 18.8 Å². The molecule has 94 valence electrons. The smallest absolute Gasteiger partial charge is 0.308 e. The fourth-order valence-electron chi connectivity index (χ4n) is 2.47. The minimum Gasteiger partial charge on any atom is -0.481 e. The second kappa shape index (κ2) is 4.69. The van der Waals surface area contributed by atoms with Crippen molar-refractivity contribution in [1.29, 1.82) is 5.26 Å². The first-order chi connectivity index (χ1) is 8.52. The summed E-state index contributed by atoms with van der Waals surface area (Å²) in [6.45, 7) is 5.16. The van der Waals surface area contributed by atoms with Gasteiger partial charge in [0.05, 0.1) is 17.6 Å². The topological polar surface area (TPSA) is 64.3 Å². The Balaban J connectivity index is 2.22. The molecular formula is C14H16N2O2. The first-order valence-electron chi connectivity index (χ1n) is 6.01. The first-order valence-corrected chi connectivity index (χ1v) is 6.01. The van der Waals surface area contributed by atoms with E-state index in [2.05, 4.69) is 11.0 Å². The van der Waals surface area contributed by atoms with Crippen LogP contribution in [0.4, 0.5) is 5.69 Å². The highest BCUT2D eigenvalue weighted by molar-refractivity contribution is 5.72. The van der Waals surface area contributed by atoms with Crippen LogP contribution in [0.2, 0.25) is 0 Å². The molecular weight excluding hydrogens is 228 g/mol. The molecule has 2 rings (SSSR count). The summed E-state index contributed by atoms with van der Waals surface area (Å²) >= 11 is 0. The number of anilines is 1. The van der Waals surface area contributed by atoms with Crippen molar-refractivity contribution in [3.05, 3.63) is 29.3 Å². The molecule has 4 nitrogen and oxygen atoms in total. The minimum atomic E-state index is -0.727. The molecule has 0 amide bonds. The molecule has 0 spiro atoms. The van der Waals surface area contributed by atoms with Crippen LogP contribution in [0.5, 0.6) is 0 Å². The van der Waals surface area contributed by atoms with E-state index in [1.54, 1.807) is 6.07 Å². The first kappa shape index (κ1) is 12.4. The lowest BCUT2D eigenvalue weighted by molar-refractivity contribution is -0.142. The zero-order chi connectivity index (χ0) is 13.3. The highest BCUT2D eigenvalue weighted by Crippen LogP contribution is 2.29. The number of hydrogen-bond donors (Lipinski definition) is 1. The van der Waals surface area contributed by atoms with E-state index in [0.717, 1.165) is 17.8 Å². The summed E-state index contributed by atoms with van der Waals surface area (Å²) in [4.78, 5) is 13.2. The number of nitrogens with zero attached hydrogens (tertiary/aromatic N) is 2. The third-order valence-corrected chi connectivity index (χ3v) is 3.63. The molecule has 1 aliphatic heterocycles. The lowest BCUT2D eigenvalue weighted by Gasteiger charge is -2.19. The van der Waals surface area contributed by atoms with Gasteiger partial charge >= 0.3 is 5.97 Å². The number of carboxylic acids is 1. The summed E-state index contributed by atoms with van der Waals surface area (Å²) in [5.74, 6) is -0.880. The number of aryl methyl sites for hydroxylation is 1. The van der Waals surface area contributed by atoms with Crippen LogP contribution >= 0.6 is 0 Å². The van der Waals surface area contributed by atoms with E-state index >= 15 is 0 Å². The quantitative estimate of drug-likeness (QED) is 0.864. The molecule has 4 heteroatoms. The van der Waals surface area contributed by atoms with Gasteiger partial charge < -0.3 is 10.0 Å².